The smallest absolute Gasteiger partial charge is 0.306 e. The lowest BCUT2D eigenvalue weighted by Gasteiger charge is -2.13. The Morgan fingerprint density at radius 3 is 2.79 bits per heavy atom. The molecule has 1 heterocycles. The summed E-state index contributed by atoms with van der Waals surface area (Å²) < 4.78 is 5.17. The van der Waals surface area contributed by atoms with Crippen LogP contribution in [0.4, 0.5) is 5.69 Å². The van der Waals surface area contributed by atoms with Crippen LogP contribution in [0.1, 0.15) is 25.6 Å². The van der Waals surface area contributed by atoms with Crippen LogP contribution in [0.25, 0.3) is 10.9 Å². The fourth-order valence-corrected chi connectivity index (χ4v) is 2.96. The number of esters is 1. The molecule has 0 aliphatic carbocycles. The lowest BCUT2D eigenvalue weighted by molar-refractivity contribution is -0.153. The highest BCUT2D eigenvalue weighted by Crippen LogP contribution is 2.15. The summed E-state index contributed by atoms with van der Waals surface area (Å²) in [5, 5.41) is 3.66. The van der Waals surface area contributed by atoms with Gasteiger partial charge in [-0.05, 0) is 43.7 Å². The van der Waals surface area contributed by atoms with Gasteiger partial charge in [0.1, 0.15) is 5.82 Å². The number of benzene rings is 2. The van der Waals surface area contributed by atoms with Crippen molar-refractivity contribution in [3.63, 3.8) is 0 Å². The Hall–Kier alpha value is -3.19. The van der Waals surface area contributed by atoms with E-state index in [9.17, 15) is 14.4 Å². The maximum atomic E-state index is 12.1. The van der Waals surface area contributed by atoms with Gasteiger partial charge in [0, 0.05) is 23.6 Å². The normalized spacial score (nSPS) is 11.8. The Morgan fingerprint density at radius 2 is 2.00 bits per heavy atom. The predicted octanol–water partition coefficient (Wildman–Crippen LogP) is 3.47. The Morgan fingerprint density at radius 1 is 1.21 bits per heavy atom. The van der Waals surface area contributed by atoms with E-state index in [1.807, 2.05) is 6.07 Å². The van der Waals surface area contributed by atoms with E-state index in [-0.39, 0.29) is 12.0 Å². The lowest BCUT2D eigenvalue weighted by atomic mass is 10.2. The summed E-state index contributed by atoms with van der Waals surface area (Å²) in [4.78, 5) is 43.3. The van der Waals surface area contributed by atoms with Crippen LogP contribution in [0.3, 0.4) is 0 Å². The molecule has 0 saturated heterocycles. The fraction of sp³-hybridized carbons (Fsp3) is 0.238. The molecular formula is C21H20ClN3O4. The van der Waals surface area contributed by atoms with Gasteiger partial charge >= 0.3 is 5.97 Å². The van der Waals surface area contributed by atoms with E-state index < -0.39 is 18.0 Å². The number of carbonyl (C=O) groups excluding carboxylic acids is 2. The van der Waals surface area contributed by atoms with E-state index in [1.165, 1.54) is 6.92 Å². The molecule has 0 radical (unpaired) electrons. The van der Waals surface area contributed by atoms with Crippen LogP contribution in [-0.4, -0.2) is 27.9 Å². The highest BCUT2D eigenvalue weighted by molar-refractivity contribution is 6.30. The number of H-pyrrole nitrogens is 1. The van der Waals surface area contributed by atoms with Crippen molar-refractivity contribution in [2.45, 2.75) is 32.3 Å². The van der Waals surface area contributed by atoms with Gasteiger partial charge < -0.3 is 15.0 Å². The number of amides is 1. The minimum Gasteiger partial charge on any atom is -0.453 e. The van der Waals surface area contributed by atoms with Crippen molar-refractivity contribution < 1.29 is 14.3 Å². The van der Waals surface area contributed by atoms with Crippen LogP contribution in [-0.2, 0) is 20.7 Å². The number of rotatable bonds is 7. The molecule has 0 saturated carbocycles. The third kappa shape index (κ3) is 5.65. The summed E-state index contributed by atoms with van der Waals surface area (Å²) in [6.07, 6.45) is 0.00636. The highest BCUT2D eigenvalue weighted by Gasteiger charge is 2.18. The molecule has 0 aliphatic heterocycles. The predicted molar refractivity (Wildman–Crippen MR) is 111 cm³/mol. The molecule has 1 aromatic heterocycles. The molecule has 1 atom stereocenters. The minimum atomic E-state index is -0.944. The third-order valence-corrected chi connectivity index (χ3v) is 4.46. The van der Waals surface area contributed by atoms with Crippen molar-refractivity contribution in [3.05, 3.63) is 69.7 Å². The van der Waals surface area contributed by atoms with Crippen molar-refractivity contribution in [2.24, 2.45) is 0 Å². The van der Waals surface area contributed by atoms with Gasteiger partial charge in [0.25, 0.3) is 11.5 Å². The molecule has 0 bridgehead atoms. The summed E-state index contributed by atoms with van der Waals surface area (Å²) >= 11 is 5.88. The summed E-state index contributed by atoms with van der Waals surface area (Å²) in [6.45, 7) is 1.50. The van der Waals surface area contributed by atoms with Crippen LogP contribution in [0.2, 0.25) is 5.02 Å². The number of fused-ring (bicyclic) bond motifs is 1. The van der Waals surface area contributed by atoms with Crippen molar-refractivity contribution in [3.8, 4) is 0 Å². The maximum Gasteiger partial charge on any atom is 0.306 e. The number of ether oxygens (including phenoxy) is 1. The number of hydrogen-bond donors (Lipinski definition) is 2. The Labute approximate surface area is 172 Å². The first-order valence-corrected chi connectivity index (χ1v) is 9.54. The van der Waals surface area contributed by atoms with Gasteiger partial charge in [0.2, 0.25) is 0 Å². The number of nitrogens with zero attached hydrogens (tertiary/aromatic N) is 1. The summed E-state index contributed by atoms with van der Waals surface area (Å²) in [7, 11) is 0. The molecule has 8 heteroatoms. The zero-order valence-corrected chi connectivity index (χ0v) is 16.5. The van der Waals surface area contributed by atoms with Crippen LogP contribution in [0.15, 0.2) is 53.3 Å². The van der Waals surface area contributed by atoms with Crippen LogP contribution in [0, 0.1) is 0 Å². The lowest BCUT2D eigenvalue weighted by Crippen LogP contribution is -2.30. The zero-order chi connectivity index (χ0) is 20.8. The van der Waals surface area contributed by atoms with E-state index in [1.54, 1.807) is 42.5 Å². The summed E-state index contributed by atoms with van der Waals surface area (Å²) in [6, 6.07) is 13.8. The largest absolute Gasteiger partial charge is 0.453 e. The highest BCUT2D eigenvalue weighted by atomic mass is 35.5. The number of halogens is 1. The maximum absolute atomic E-state index is 12.1. The number of hydrogen-bond acceptors (Lipinski definition) is 5. The average Bonchev–Trinajstić information content (AvgIpc) is 2.68. The molecule has 3 aromatic rings. The topological polar surface area (TPSA) is 101 Å². The van der Waals surface area contributed by atoms with Gasteiger partial charge in [-0.2, -0.15) is 0 Å². The molecule has 3 rings (SSSR count). The number of nitrogens with one attached hydrogen (secondary N) is 2. The monoisotopic (exact) mass is 413 g/mol. The van der Waals surface area contributed by atoms with Crippen LogP contribution >= 0.6 is 11.6 Å². The summed E-state index contributed by atoms with van der Waals surface area (Å²) in [5.41, 5.74) is 0.927. The van der Waals surface area contributed by atoms with Gasteiger partial charge in [-0.3, -0.25) is 14.4 Å². The fourth-order valence-electron chi connectivity index (χ4n) is 2.77. The Bertz CT molecular complexity index is 1100. The van der Waals surface area contributed by atoms with Gasteiger partial charge in [0.05, 0.1) is 10.9 Å². The molecule has 2 aromatic carbocycles. The molecule has 150 valence electrons. The van der Waals surface area contributed by atoms with Gasteiger partial charge in [-0.1, -0.05) is 29.8 Å². The van der Waals surface area contributed by atoms with Crippen LogP contribution in [0.5, 0.6) is 0 Å². The van der Waals surface area contributed by atoms with Crippen molar-refractivity contribution in [1.29, 1.82) is 0 Å². The number of aromatic nitrogens is 2. The minimum absolute atomic E-state index is 0.103. The van der Waals surface area contributed by atoms with Crippen molar-refractivity contribution in [1.82, 2.24) is 9.97 Å². The molecular weight excluding hydrogens is 394 g/mol. The van der Waals surface area contributed by atoms with E-state index in [2.05, 4.69) is 15.3 Å². The number of aryl methyl sites for hydroxylation is 1. The Balaban J connectivity index is 1.48. The number of anilines is 1. The zero-order valence-electron chi connectivity index (χ0n) is 15.8. The average molecular weight is 414 g/mol. The first-order valence-electron chi connectivity index (χ1n) is 9.16. The number of carbonyl (C=O) groups is 2. The molecule has 1 amide bonds. The van der Waals surface area contributed by atoms with E-state index in [0.717, 1.165) is 0 Å². The molecule has 0 fully saturated rings. The first kappa shape index (κ1) is 20.5. The second-order valence-electron chi connectivity index (χ2n) is 6.52. The second kappa shape index (κ2) is 9.34. The van der Waals surface area contributed by atoms with E-state index in [4.69, 9.17) is 16.3 Å². The van der Waals surface area contributed by atoms with E-state index in [0.29, 0.717) is 40.3 Å². The molecule has 7 nitrogen and oxygen atoms in total. The Kier molecular flexibility index (Phi) is 6.61. The molecule has 1 unspecified atom stereocenters. The number of para-hydroxylation sites is 1. The second-order valence-corrected chi connectivity index (χ2v) is 6.95. The van der Waals surface area contributed by atoms with Gasteiger partial charge in [-0.25, -0.2) is 4.98 Å². The third-order valence-electron chi connectivity index (χ3n) is 4.23. The quantitative estimate of drug-likeness (QED) is 0.577. The molecule has 2 N–H and O–H groups in total. The van der Waals surface area contributed by atoms with Crippen molar-refractivity contribution >= 4 is 40.1 Å². The number of aromatic amines is 1. The van der Waals surface area contributed by atoms with Gasteiger partial charge in [0.15, 0.2) is 6.10 Å². The molecule has 0 spiro atoms. The van der Waals surface area contributed by atoms with E-state index >= 15 is 0 Å². The van der Waals surface area contributed by atoms with Crippen molar-refractivity contribution in [2.75, 3.05) is 5.32 Å². The summed E-state index contributed by atoms with van der Waals surface area (Å²) in [5.74, 6) is -0.434. The molecule has 29 heavy (non-hydrogen) atoms. The standard InChI is InChI=1S/C21H20ClN3O4/c1-13(20(27)23-15-7-4-6-14(22)12-15)29-19(26)11-5-10-18-24-17-9-3-2-8-16(17)21(28)25-18/h2-4,6-9,12-13H,5,10-11H2,1H3,(H,23,27)(H,24,25,28). The molecule has 0 aliphatic rings. The SMILES string of the molecule is CC(OC(=O)CCCc1nc2ccccc2c(=O)[nH]1)C(=O)Nc1cccc(Cl)c1. The van der Waals surface area contributed by atoms with Gasteiger partial charge in [-0.15, -0.1) is 0 Å². The first-order chi connectivity index (χ1) is 13.9. The van der Waals surface area contributed by atoms with Crippen LogP contribution < -0.4 is 10.9 Å².